The minimum atomic E-state index is -0.157. The van der Waals surface area contributed by atoms with Crippen LogP contribution in [-0.4, -0.2) is 20.7 Å². The van der Waals surface area contributed by atoms with Crippen molar-refractivity contribution < 1.29 is 0 Å². The summed E-state index contributed by atoms with van der Waals surface area (Å²) in [6, 6.07) is 3.76. The summed E-state index contributed by atoms with van der Waals surface area (Å²) in [7, 11) is 1.75. The monoisotopic (exact) mass is 258 g/mol. The van der Waals surface area contributed by atoms with Gasteiger partial charge in [-0.05, 0) is 6.07 Å². The molecule has 0 radical (unpaired) electrons. The number of rotatable bonds is 2. The van der Waals surface area contributed by atoms with Crippen LogP contribution in [0, 0.1) is 0 Å². The highest BCUT2D eigenvalue weighted by Gasteiger charge is 2.23. The number of H-pyrrole nitrogens is 1. The molecule has 100 valence electrons. The summed E-state index contributed by atoms with van der Waals surface area (Å²) in [4.78, 5) is 22.9. The summed E-state index contributed by atoms with van der Waals surface area (Å²) in [5, 5.41) is 0. The van der Waals surface area contributed by atoms with Crippen molar-refractivity contribution in [3.63, 3.8) is 0 Å². The Labute approximate surface area is 112 Å². The van der Waals surface area contributed by atoms with Gasteiger partial charge in [0.15, 0.2) is 5.82 Å². The van der Waals surface area contributed by atoms with E-state index in [4.69, 9.17) is 0 Å². The Balaban J connectivity index is 2.44. The predicted octanol–water partition coefficient (Wildman–Crippen LogP) is 2.16. The smallest absolute Gasteiger partial charge is 0.297 e. The molecule has 0 aliphatic heterocycles. The van der Waals surface area contributed by atoms with Crippen molar-refractivity contribution in [1.82, 2.24) is 14.5 Å². The average Bonchev–Trinajstić information content (AvgIpc) is 2.63. The summed E-state index contributed by atoms with van der Waals surface area (Å²) in [6.07, 6.45) is 5.14. The maximum atomic E-state index is 11.7. The lowest BCUT2D eigenvalue weighted by Gasteiger charge is -2.19. The fourth-order valence-electron chi connectivity index (χ4n) is 2.05. The van der Waals surface area contributed by atoms with E-state index in [-0.39, 0.29) is 11.1 Å². The second-order valence-corrected chi connectivity index (χ2v) is 5.48. The number of aromatic nitrogens is 3. The quantitative estimate of drug-likeness (QED) is 0.839. The van der Waals surface area contributed by atoms with Crippen LogP contribution in [-0.2, 0) is 12.5 Å². The number of nitrogens with zero attached hydrogens (tertiary/aromatic N) is 3. The molecule has 19 heavy (non-hydrogen) atoms. The second-order valence-electron chi connectivity index (χ2n) is 5.48. The molecule has 0 aliphatic rings. The Hall–Kier alpha value is -2.17. The van der Waals surface area contributed by atoms with Gasteiger partial charge in [0.25, 0.3) is 0 Å². The molecule has 2 aromatic rings. The predicted molar refractivity (Wildman–Crippen MR) is 76.2 cm³/mol. The van der Waals surface area contributed by atoms with Crippen molar-refractivity contribution >= 4 is 12.0 Å². The van der Waals surface area contributed by atoms with Crippen molar-refractivity contribution in [2.45, 2.75) is 26.2 Å². The molecular formula is C14H18N4O. The number of pyridine rings is 1. The van der Waals surface area contributed by atoms with Crippen molar-refractivity contribution in [3.8, 4) is 0 Å². The van der Waals surface area contributed by atoms with E-state index >= 15 is 0 Å². The topological polar surface area (TPSA) is 63.0 Å². The van der Waals surface area contributed by atoms with E-state index < -0.39 is 0 Å². The first-order valence-electron chi connectivity index (χ1n) is 6.13. The fourth-order valence-corrected chi connectivity index (χ4v) is 2.05. The third-order valence-electron chi connectivity index (χ3n) is 2.83. The zero-order valence-electron chi connectivity index (χ0n) is 11.6. The lowest BCUT2D eigenvalue weighted by Crippen LogP contribution is -2.21. The highest BCUT2D eigenvalue weighted by Crippen LogP contribution is 2.28. The van der Waals surface area contributed by atoms with Gasteiger partial charge >= 0.3 is 5.69 Å². The molecule has 1 N–H and O–H groups in total. The summed E-state index contributed by atoms with van der Waals surface area (Å²) in [6.45, 7) is 6.16. The van der Waals surface area contributed by atoms with Crippen LogP contribution in [0.1, 0.15) is 32.0 Å². The molecule has 5 nitrogen and oxygen atoms in total. The third-order valence-corrected chi connectivity index (χ3v) is 2.83. The molecule has 2 heterocycles. The zero-order valence-corrected chi connectivity index (χ0v) is 11.6. The van der Waals surface area contributed by atoms with Gasteiger partial charge in [0, 0.05) is 36.6 Å². The van der Waals surface area contributed by atoms with E-state index in [9.17, 15) is 4.79 Å². The Morgan fingerprint density at radius 1 is 1.42 bits per heavy atom. The van der Waals surface area contributed by atoms with Gasteiger partial charge in [-0.25, -0.2) is 9.79 Å². The SMILES string of the molecule is Cn1c(C(C)(C)C)c(N=Cc2cccnc2)[nH]c1=O. The van der Waals surface area contributed by atoms with Crippen molar-refractivity contribution in [2.24, 2.45) is 12.0 Å². The van der Waals surface area contributed by atoms with Gasteiger partial charge in [0.05, 0.1) is 5.69 Å². The fraction of sp³-hybridized carbons (Fsp3) is 0.357. The minimum Gasteiger partial charge on any atom is -0.297 e. The lowest BCUT2D eigenvalue weighted by molar-refractivity contribution is 0.540. The lowest BCUT2D eigenvalue weighted by atomic mass is 9.92. The van der Waals surface area contributed by atoms with Crippen LogP contribution in [0.25, 0.3) is 0 Å². The first-order chi connectivity index (χ1) is 8.89. The highest BCUT2D eigenvalue weighted by atomic mass is 16.1. The van der Waals surface area contributed by atoms with E-state index in [2.05, 4.69) is 35.7 Å². The number of nitrogens with one attached hydrogen (secondary N) is 1. The van der Waals surface area contributed by atoms with E-state index in [0.29, 0.717) is 5.82 Å². The summed E-state index contributed by atoms with van der Waals surface area (Å²) in [5.41, 5.74) is 1.48. The van der Waals surface area contributed by atoms with Crippen LogP contribution in [0.3, 0.4) is 0 Å². The molecule has 0 saturated carbocycles. The van der Waals surface area contributed by atoms with E-state index in [1.54, 1.807) is 30.2 Å². The standard InChI is InChI=1S/C14H18N4O/c1-14(2,3)11-12(17-13(19)18(11)4)16-9-10-6-5-7-15-8-10/h5-9H,1-4H3,(H,17,19). The maximum absolute atomic E-state index is 11.7. The van der Waals surface area contributed by atoms with Crippen LogP contribution in [0.4, 0.5) is 5.82 Å². The van der Waals surface area contributed by atoms with Gasteiger partial charge in [-0.3, -0.25) is 14.5 Å². The second kappa shape index (κ2) is 4.84. The van der Waals surface area contributed by atoms with Crippen LogP contribution in [0.2, 0.25) is 0 Å². The molecule has 0 aromatic carbocycles. The Bertz CT molecular complexity index is 644. The van der Waals surface area contributed by atoms with Gasteiger partial charge in [0.1, 0.15) is 0 Å². The van der Waals surface area contributed by atoms with E-state index in [1.807, 2.05) is 12.1 Å². The first-order valence-corrected chi connectivity index (χ1v) is 6.13. The molecular weight excluding hydrogens is 240 g/mol. The van der Waals surface area contributed by atoms with Gasteiger partial charge in [-0.2, -0.15) is 0 Å². The number of hydrogen-bond acceptors (Lipinski definition) is 3. The van der Waals surface area contributed by atoms with Crippen LogP contribution in [0.15, 0.2) is 34.3 Å². The third kappa shape index (κ3) is 2.81. The van der Waals surface area contributed by atoms with Crippen molar-refractivity contribution in [1.29, 1.82) is 0 Å². The summed E-state index contributed by atoms with van der Waals surface area (Å²) in [5.74, 6) is 0.601. The zero-order chi connectivity index (χ0) is 14.0. The minimum absolute atomic E-state index is 0.150. The van der Waals surface area contributed by atoms with Crippen molar-refractivity contribution in [2.75, 3.05) is 0 Å². The van der Waals surface area contributed by atoms with E-state index in [1.165, 1.54) is 0 Å². The van der Waals surface area contributed by atoms with E-state index in [0.717, 1.165) is 11.3 Å². The average molecular weight is 258 g/mol. The van der Waals surface area contributed by atoms with Gasteiger partial charge < -0.3 is 0 Å². The van der Waals surface area contributed by atoms with Crippen LogP contribution >= 0.6 is 0 Å². The number of aromatic amines is 1. The summed E-state index contributed by atoms with van der Waals surface area (Å²) < 4.78 is 1.61. The molecule has 2 aromatic heterocycles. The van der Waals surface area contributed by atoms with Gasteiger partial charge in [0.2, 0.25) is 0 Å². The summed E-state index contributed by atoms with van der Waals surface area (Å²) >= 11 is 0. The number of hydrogen-bond donors (Lipinski definition) is 1. The molecule has 0 atom stereocenters. The molecule has 0 unspecified atom stereocenters. The number of aliphatic imine (C=N–C) groups is 1. The molecule has 0 saturated heterocycles. The first kappa shape index (κ1) is 13.3. The normalized spacial score (nSPS) is 12.2. The largest absolute Gasteiger partial charge is 0.327 e. The molecule has 0 aliphatic carbocycles. The Kier molecular flexibility index (Phi) is 3.38. The Morgan fingerprint density at radius 2 is 2.16 bits per heavy atom. The van der Waals surface area contributed by atoms with Gasteiger partial charge in [-0.1, -0.05) is 26.8 Å². The highest BCUT2D eigenvalue weighted by molar-refractivity contribution is 5.81. The van der Waals surface area contributed by atoms with Crippen LogP contribution < -0.4 is 5.69 Å². The molecule has 0 spiro atoms. The van der Waals surface area contributed by atoms with Gasteiger partial charge in [-0.15, -0.1) is 0 Å². The molecule has 0 bridgehead atoms. The van der Waals surface area contributed by atoms with Crippen molar-refractivity contribution in [3.05, 3.63) is 46.3 Å². The maximum Gasteiger partial charge on any atom is 0.327 e. The number of imidazole rings is 1. The van der Waals surface area contributed by atoms with Crippen LogP contribution in [0.5, 0.6) is 0 Å². The molecule has 2 rings (SSSR count). The Morgan fingerprint density at radius 3 is 2.74 bits per heavy atom. The molecule has 0 amide bonds. The molecule has 0 fully saturated rings. The molecule has 5 heteroatoms.